The summed E-state index contributed by atoms with van der Waals surface area (Å²) >= 11 is 6.53. The molecule has 1 heteroatoms. The highest BCUT2D eigenvalue weighted by Crippen LogP contribution is 2.40. The van der Waals surface area contributed by atoms with E-state index >= 15 is 0 Å². The van der Waals surface area contributed by atoms with Crippen LogP contribution in [0.4, 0.5) is 0 Å². The van der Waals surface area contributed by atoms with Crippen molar-refractivity contribution in [1.82, 2.24) is 0 Å². The number of rotatable bonds is 4. The van der Waals surface area contributed by atoms with Gasteiger partial charge in [0.2, 0.25) is 0 Å². The SMILES string of the molecule is Clc1ccc(-c2ccc3ccccc3c2)c(-c2ccc(-c3ccccc3)c(-c3ccccc3)c2)c1. The zero-order valence-electron chi connectivity index (χ0n) is 19.2. The fraction of sp³-hybridized carbons (Fsp3) is 0. The van der Waals surface area contributed by atoms with E-state index < -0.39 is 0 Å². The Morgan fingerprint density at radius 3 is 1.57 bits per heavy atom. The first-order valence-electron chi connectivity index (χ1n) is 11.8. The van der Waals surface area contributed by atoms with Gasteiger partial charge in [0.1, 0.15) is 0 Å². The van der Waals surface area contributed by atoms with E-state index in [0.717, 1.165) is 16.1 Å². The molecule has 0 bridgehead atoms. The molecule has 0 amide bonds. The molecule has 0 unspecified atom stereocenters. The Morgan fingerprint density at radius 2 is 0.829 bits per heavy atom. The van der Waals surface area contributed by atoms with Crippen LogP contribution in [-0.2, 0) is 0 Å². The van der Waals surface area contributed by atoms with Crippen LogP contribution in [0.15, 0.2) is 140 Å². The van der Waals surface area contributed by atoms with Gasteiger partial charge in [0.15, 0.2) is 0 Å². The molecule has 6 aromatic carbocycles. The van der Waals surface area contributed by atoms with E-state index in [1.165, 1.54) is 44.2 Å². The molecule has 0 N–H and O–H groups in total. The summed E-state index contributed by atoms with van der Waals surface area (Å²) in [6.45, 7) is 0. The summed E-state index contributed by atoms with van der Waals surface area (Å²) in [7, 11) is 0. The van der Waals surface area contributed by atoms with Gasteiger partial charge in [-0.1, -0.05) is 127 Å². The van der Waals surface area contributed by atoms with Gasteiger partial charge in [-0.15, -0.1) is 0 Å². The van der Waals surface area contributed by atoms with Crippen molar-refractivity contribution in [1.29, 1.82) is 0 Å². The molecule has 0 fully saturated rings. The molecule has 0 nitrogen and oxygen atoms in total. The van der Waals surface area contributed by atoms with Crippen LogP contribution in [0.3, 0.4) is 0 Å². The number of hydrogen-bond donors (Lipinski definition) is 0. The van der Waals surface area contributed by atoms with Crippen molar-refractivity contribution in [2.75, 3.05) is 0 Å². The first-order chi connectivity index (χ1) is 17.3. The molecule has 6 rings (SSSR count). The number of benzene rings is 6. The van der Waals surface area contributed by atoms with Crippen molar-refractivity contribution >= 4 is 22.4 Å². The zero-order chi connectivity index (χ0) is 23.6. The molecule has 0 aromatic heterocycles. The molecule has 35 heavy (non-hydrogen) atoms. The predicted octanol–water partition coefficient (Wildman–Crippen LogP) is 10.2. The van der Waals surface area contributed by atoms with Gasteiger partial charge in [0.05, 0.1) is 0 Å². The van der Waals surface area contributed by atoms with E-state index in [-0.39, 0.29) is 0 Å². The number of fused-ring (bicyclic) bond motifs is 1. The highest BCUT2D eigenvalue weighted by molar-refractivity contribution is 6.31. The first-order valence-corrected chi connectivity index (χ1v) is 12.2. The summed E-state index contributed by atoms with van der Waals surface area (Å²) in [5.74, 6) is 0. The second kappa shape index (κ2) is 9.25. The fourth-order valence-electron chi connectivity index (χ4n) is 4.80. The quantitative estimate of drug-likeness (QED) is 0.242. The van der Waals surface area contributed by atoms with Gasteiger partial charge in [-0.3, -0.25) is 0 Å². The van der Waals surface area contributed by atoms with Crippen molar-refractivity contribution in [3.8, 4) is 44.5 Å². The van der Waals surface area contributed by atoms with Crippen LogP contribution < -0.4 is 0 Å². The molecule has 166 valence electrons. The Kier molecular flexibility index (Phi) is 5.66. The van der Waals surface area contributed by atoms with Crippen molar-refractivity contribution in [2.45, 2.75) is 0 Å². The second-order valence-electron chi connectivity index (χ2n) is 8.74. The molecule has 0 aliphatic rings. The Balaban J connectivity index is 1.56. The topological polar surface area (TPSA) is 0 Å². The molecule has 0 saturated carbocycles. The summed E-state index contributed by atoms with van der Waals surface area (Å²) in [4.78, 5) is 0. The molecular formula is C34H23Cl. The van der Waals surface area contributed by atoms with Gasteiger partial charge in [0, 0.05) is 5.02 Å². The smallest absolute Gasteiger partial charge is 0.0412 e. The molecule has 0 spiro atoms. The summed E-state index contributed by atoms with van der Waals surface area (Å²) in [5, 5.41) is 3.21. The third-order valence-electron chi connectivity index (χ3n) is 6.54. The fourth-order valence-corrected chi connectivity index (χ4v) is 4.97. The third-order valence-corrected chi connectivity index (χ3v) is 6.78. The zero-order valence-corrected chi connectivity index (χ0v) is 19.9. The van der Waals surface area contributed by atoms with Crippen LogP contribution in [0.2, 0.25) is 5.02 Å². The highest BCUT2D eigenvalue weighted by atomic mass is 35.5. The second-order valence-corrected chi connectivity index (χ2v) is 9.18. The molecule has 0 saturated heterocycles. The van der Waals surface area contributed by atoms with Gasteiger partial charge in [-0.2, -0.15) is 0 Å². The monoisotopic (exact) mass is 466 g/mol. The molecular weight excluding hydrogens is 444 g/mol. The molecule has 0 radical (unpaired) electrons. The molecule has 0 aliphatic carbocycles. The lowest BCUT2D eigenvalue weighted by Crippen LogP contribution is -1.90. The Morgan fingerprint density at radius 1 is 0.314 bits per heavy atom. The lowest BCUT2D eigenvalue weighted by Gasteiger charge is -2.16. The Hall–Kier alpha value is -4.13. The van der Waals surface area contributed by atoms with Crippen LogP contribution >= 0.6 is 11.6 Å². The van der Waals surface area contributed by atoms with E-state index in [1.54, 1.807) is 0 Å². The first kappa shape index (κ1) is 21.4. The van der Waals surface area contributed by atoms with Crippen molar-refractivity contribution in [2.24, 2.45) is 0 Å². The van der Waals surface area contributed by atoms with Gasteiger partial charge in [-0.25, -0.2) is 0 Å². The molecule has 0 aliphatic heterocycles. The summed E-state index contributed by atoms with van der Waals surface area (Å²) in [6.07, 6.45) is 0. The molecule has 0 atom stereocenters. The molecule has 0 heterocycles. The maximum atomic E-state index is 6.53. The van der Waals surface area contributed by atoms with Crippen LogP contribution in [0.25, 0.3) is 55.3 Å². The lowest BCUT2D eigenvalue weighted by atomic mass is 9.88. The Labute approximate surface area is 211 Å². The van der Waals surface area contributed by atoms with Crippen LogP contribution in [-0.4, -0.2) is 0 Å². The minimum atomic E-state index is 0.734. The van der Waals surface area contributed by atoms with Crippen molar-refractivity contribution in [3.63, 3.8) is 0 Å². The van der Waals surface area contributed by atoms with E-state index in [2.05, 4.69) is 133 Å². The predicted molar refractivity (Wildman–Crippen MR) is 151 cm³/mol. The van der Waals surface area contributed by atoms with Gasteiger partial charge in [-0.05, 0) is 79.5 Å². The number of halogens is 1. The standard InChI is InChI=1S/C34H23Cl/c35-30-18-20-32(28-16-15-24-9-7-8-14-27(24)21-28)34(23-30)29-17-19-31(25-10-3-1-4-11-25)33(22-29)26-12-5-2-6-13-26/h1-23H. The van der Waals surface area contributed by atoms with E-state index in [1.807, 2.05) is 6.07 Å². The Bertz CT molecular complexity index is 1630. The highest BCUT2D eigenvalue weighted by Gasteiger charge is 2.14. The largest absolute Gasteiger partial charge is 0.0843 e. The van der Waals surface area contributed by atoms with E-state index in [9.17, 15) is 0 Å². The average molecular weight is 467 g/mol. The van der Waals surface area contributed by atoms with Gasteiger partial charge < -0.3 is 0 Å². The van der Waals surface area contributed by atoms with E-state index in [0.29, 0.717) is 0 Å². The normalized spacial score (nSPS) is 11.0. The van der Waals surface area contributed by atoms with Crippen molar-refractivity contribution in [3.05, 3.63) is 145 Å². The third kappa shape index (κ3) is 4.25. The summed E-state index contributed by atoms with van der Waals surface area (Å²) in [6, 6.07) is 49.2. The lowest BCUT2D eigenvalue weighted by molar-refractivity contribution is 1.55. The average Bonchev–Trinajstić information content (AvgIpc) is 2.93. The maximum absolute atomic E-state index is 6.53. The summed E-state index contributed by atoms with van der Waals surface area (Å²) in [5.41, 5.74) is 9.46. The summed E-state index contributed by atoms with van der Waals surface area (Å²) < 4.78 is 0. The van der Waals surface area contributed by atoms with Crippen molar-refractivity contribution < 1.29 is 0 Å². The van der Waals surface area contributed by atoms with E-state index in [4.69, 9.17) is 11.6 Å². The van der Waals surface area contributed by atoms with Crippen LogP contribution in [0.1, 0.15) is 0 Å². The van der Waals surface area contributed by atoms with Crippen LogP contribution in [0, 0.1) is 0 Å². The van der Waals surface area contributed by atoms with Gasteiger partial charge in [0.25, 0.3) is 0 Å². The maximum Gasteiger partial charge on any atom is 0.0412 e. The minimum absolute atomic E-state index is 0.734. The molecule has 6 aromatic rings. The number of hydrogen-bond acceptors (Lipinski definition) is 0. The minimum Gasteiger partial charge on any atom is -0.0843 e. The van der Waals surface area contributed by atoms with Gasteiger partial charge >= 0.3 is 0 Å². The van der Waals surface area contributed by atoms with Crippen LogP contribution in [0.5, 0.6) is 0 Å².